The second-order valence-electron chi connectivity index (χ2n) is 7.28. The topological polar surface area (TPSA) is 29.1 Å². The Bertz CT molecular complexity index is 753. The lowest BCUT2D eigenvalue weighted by Gasteiger charge is -2.23. The largest absolute Gasteiger partial charge is 0.348 e. The minimum atomic E-state index is -0.107. The van der Waals surface area contributed by atoms with Crippen LogP contribution in [-0.4, -0.2) is 11.2 Å². The van der Waals surface area contributed by atoms with E-state index in [9.17, 15) is 4.79 Å². The lowest BCUT2D eigenvalue weighted by atomic mass is 9.89. The van der Waals surface area contributed by atoms with Gasteiger partial charge in [-0.2, -0.15) is 0 Å². The number of carbonyl (C=O) groups is 1. The van der Waals surface area contributed by atoms with E-state index in [0.717, 1.165) is 11.3 Å². The molecule has 3 rings (SSSR count). The molecule has 0 radical (unpaired) electrons. The molecule has 0 aromatic heterocycles. The van der Waals surface area contributed by atoms with E-state index in [4.69, 9.17) is 0 Å². The van der Waals surface area contributed by atoms with Crippen molar-refractivity contribution in [1.82, 2.24) is 5.32 Å². The molecule has 0 saturated carbocycles. The van der Waals surface area contributed by atoms with E-state index in [0.29, 0.717) is 0 Å². The molecular formula is C23H29NOS. The number of rotatable bonds is 6. The van der Waals surface area contributed by atoms with Crippen molar-refractivity contribution in [2.75, 3.05) is 0 Å². The van der Waals surface area contributed by atoms with Gasteiger partial charge in [-0.25, -0.2) is 0 Å². The predicted molar refractivity (Wildman–Crippen MR) is 111 cm³/mol. The lowest BCUT2D eigenvalue weighted by Crippen LogP contribution is -2.34. The van der Waals surface area contributed by atoms with Crippen molar-refractivity contribution in [1.29, 1.82) is 0 Å². The number of carbonyl (C=O) groups excluding carboxylic acids is 1. The molecule has 138 valence electrons. The Labute approximate surface area is 161 Å². The first kappa shape index (κ1) is 19.0. The second-order valence-corrected chi connectivity index (χ2v) is 8.69. The number of hydrogen-bond acceptors (Lipinski definition) is 2. The molecule has 0 heterocycles. The molecule has 3 heteroatoms. The number of aryl methyl sites for hydroxylation is 3. The second kappa shape index (κ2) is 8.77. The summed E-state index contributed by atoms with van der Waals surface area (Å²) in [5.74, 6) is 0.111. The summed E-state index contributed by atoms with van der Waals surface area (Å²) in [6.45, 7) is 6.20. The number of benzene rings is 2. The third kappa shape index (κ3) is 4.70. The van der Waals surface area contributed by atoms with Crippen LogP contribution in [0.3, 0.4) is 0 Å². The van der Waals surface area contributed by atoms with Gasteiger partial charge >= 0.3 is 0 Å². The molecule has 26 heavy (non-hydrogen) atoms. The first-order valence-electron chi connectivity index (χ1n) is 9.72. The molecular weight excluding hydrogens is 338 g/mol. The first-order chi connectivity index (χ1) is 12.6. The summed E-state index contributed by atoms with van der Waals surface area (Å²) in [7, 11) is 0. The van der Waals surface area contributed by atoms with Crippen LogP contribution in [0.1, 0.15) is 61.4 Å². The van der Waals surface area contributed by atoms with Crippen molar-refractivity contribution in [3.05, 3.63) is 64.7 Å². The van der Waals surface area contributed by atoms with E-state index in [1.807, 2.05) is 6.92 Å². The van der Waals surface area contributed by atoms with Crippen molar-refractivity contribution < 1.29 is 4.79 Å². The van der Waals surface area contributed by atoms with Crippen molar-refractivity contribution in [2.24, 2.45) is 0 Å². The van der Waals surface area contributed by atoms with Gasteiger partial charge in [-0.1, -0.05) is 42.8 Å². The smallest absolute Gasteiger partial charge is 0.233 e. The molecule has 1 N–H and O–H groups in total. The van der Waals surface area contributed by atoms with E-state index in [-0.39, 0.29) is 17.2 Å². The molecule has 1 amide bonds. The summed E-state index contributed by atoms with van der Waals surface area (Å²) in [5.41, 5.74) is 5.45. The van der Waals surface area contributed by atoms with Gasteiger partial charge in [0.25, 0.3) is 0 Å². The Balaban J connectivity index is 1.65. The standard InChI is InChI=1S/C23H29NOS/c1-4-22(20-12-11-18-7-5-6-8-19(18)15-20)24-23(25)17(3)26-21-13-9-16(2)10-14-21/h9-15,17,22H,4-8H2,1-3H3,(H,24,25)/t17-,22+/m0/s1. The molecule has 0 unspecified atom stereocenters. The number of thioether (sulfide) groups is 1. The van der Waals surface area contributed by atoms with E-state index in [1.54, 1.807) is 11.8 Å². The molecule has 2 aromatic carbocycles. The minimum Gasteiger partial charge on any atom is -0.348 e. The molecule has 0 aliphatic heterocycles. The highest BCUT2D eigenvalue weighted by Crippen LogP contribution is 2.28. The summed E-state index contributed by atoms with van der Waals surface area (Å²) in [6, 6.07) is 15.2. The van der Waals surface area contributed by atoms with Crippen LogP contribution < -0.4 is 5.32 Å². The minimum absolute atomic E-state index is 0.0933. The molecule has 0 fully saturated rings. The normalized spacial score (nSPS) is 15.8. The summed E-state index contributed by atoms with van der Waals surface area (Å²) < 4.78 is 0. The zero-order valence-electron chi connectivity index (χ0n) is 16.0. The van der Waals surface area contributed by atoms with Gasteiger partial charge < -0.3 is 5.32 Å². The van der Waals surface area contributed by atoms with Crippen LogP contribution in [-0.2, 0) is 17.6 Å². The highest BCUT2D eigenvalue weighted by molar-refractivity contribution is 8.00. The van der Waals surface area contributed by atoms with Gasteiger partial charge in [0, 0.05) is 4.90 Å². The Kier molecular flexibility index (Phi) is 6.42. The quantitative estimate of drug-likeness (QED) is 0.671. The number of nitrogens with one attached hydrogen (secondary N) is 1. The van der Waals surface area contributed by atoms with Crippen molar-refractivity contribution >= 4 is 17.7 Å². The Morgan fingerprint density at radius 2 is 1.77 bits per heavy atom. The maximum absolute atomic E-state index is 12.7. The van der Waals surface area contributed by atoms with Gasteiger partial charge in [-0.05, 0) is 74.8 Å². The number of amides is 1. The fourth-order valence-corrected chi connectivity index (χ4v) is 4.43. The van der Waals surface area contributed by atoms with Crippen molar-refractivity contribution in [2.45, 2.75) is 69.1 Å². The fourth-order valence-electron chi connectivity index (χ4n) is 3.55. The summed E-state index contributed by atoms with van der Waals surface area (Å²) in [5, 5.41) is 3.15. The van der Waals surface area contributed by atoms with Crippen LogP contribution in [0.5, 0.6) is 0 Å². The van der Waals surface area contributed by atoms with Gasteiger partial charge in [0.1, 0.15) is 0 Å². The SMILES string of the molecule is CC[C@@H](NC(=O)[C@H](C)Sc1ccc(C)cc1)c1ccc2c(c1)CCCC2. The first-order valence-corrected chi connectivity index (χ1v) is 10.6. The Morgan fingerprint density at radius 1 is 1.08 bits per heavy atom. The maximum atomic E-state index is 12.7. The van der Waals surface area contributed by atoms with E-state index in [2.05, 4.69) is 61.6 Å². The molecule has 0 spiro atoms. The predicted octanol–water partition coefficient (Wildman–Crippen LogP) is 5.62. The molecule has 2 aromatic rings. The van der Waals surface area contributed by atoms with Crippen LogP contribution >= 0.6 is 11.8 Å². The molecule has 1 aliphatic carbocycles. The van der Waals surface area contributed by atoms with Crippen LogP contribution in [0, 0.1) is 6.92 Å². The molecule has 0 saturated heterocycles. The summed E-state index contributed by atoms with van der Waals surface area (Å²) in [6.07, 6.45) is 5.86. The zero-order valence-corrected chi connectivity index (χ0v) is 16.9. The van der Waals surface area contributed by atoms with Crippen LogP contribution in [0.4, 0.5) is 0 Å². The highest BCUT2D eigenvalue weighted by Gasteiger charge is 2.20. The van der Waals surface area contributed by atoms with Gasteiger partial charge in [-0.15, -0.1) is 11.8 Å². The van der Waals surface area contributed by atoms with E-state index in [1.165, 1.54) is 47.9 Å². The van der Waals surface area contributed by atoms with Gasteiger partial charge in [0.15, 0.2) is 0 Å². The van der Waals surface area contributed by atoms with Gasteiger partial charge in [-0.3, -0.25) is 4.79 Å². The molecule has 2 nitrogen and oxygen atoms in total. The third-order valence-electron chi connectivity index (χ3n) is 5.20. The number of hydrogen-bond donors (Lipinski definition) is 1. The van der Waals surface area contributed by atoms with Gasteiger partial charge in [0.05, 0.1) is 11.3 Å². The molecule has 2 atom stereocenters. The average Bonchev–Trinajstić information content (AvgIpc) is 2.67. The maximum Gasteiger partial charge on any atom is 0.233 e. The Hall–Kier alpha value is -1.74. The average molecular weight is 368 g/mol. The lowest BCUT2D eigenvalue weighted by molar-refractivity contribution is -0.121. The summed E-state index contributed by atoms with van der Waals surface area (Å²) >= 11 is 1.62. The van der Waals surface area contributed by atoms with Crippen LogP contribution in [0.2, 0.25) is 0 Å². The van der Waals surface area contributed by atoms with E-state index >= 15 is 0 Å². The molecule has 1 aliphatic rings. The van der Waals surface area contributed by atoms with Gasteiger partial charge in [0.2, 0.25) is 5.91 Å². The van der Waals surface area contributed by atoms with Crippen LogP contribution in [0.15, 0.2) is 47.4 Å². The van der Waals surface area contributed by atoms with Crippen molar-refractivity contribution in [3.63, 3.8) is 0 Å². The third-order valence-corrected chi connectivity index (χ3v) is 6.31. The van der Waals surface area contributed by atoms with Crippen molar-refractivity contribution in [3.8, 4) is 0 Å². The highest BCUT2D eigenvalue weighted by atomic mass is 32.2. The summed E-state index contributed by atoms with van der Waals surface area (Å²) in [4.78, 5) is 13.9. The van der Waals surface area contributed by atoms with Crippen LogP contribution in [0.25, 0.3) is 0 Å². The van der Waals surface area contributed by atoms with E-state index < -0.39 is 0 Å². The molecule has 0 bridgehead atoms. The fraction of sp³-hybridized carbons (Fsp3) is 0.435. The monoisotopic (exact) mass is 367 g/mol. The Morgan fingerprint density at radius 3 is 2.46 bits per heavy atom. The zero-order chi connectivity index (χ0) is 18.5. The number of fused-ring (bicyclic) bond motifs is 1.